The van der Waals surface area contributed by atoms with E-state index in [2.05, 4.69) is 20.8 Å². The Balaban J connectivity index is 1.64. The zero-order valence-corrected chi connectivity index (χ0v) is 16.0. The summed E-state index contributed by atoms with van der Waals surface area (Å²) in [7, 11) is 0. The Morgan fingerprint density at radius 2 is 2.03 bits per heavy atom. The highest BCUT2D eigenvalue weighted by Crippen LogP contribution is 2.37. The number of aromatic amines is 1. The van der Waals surface area contributed by atoms with Crippen molar-refractivity contribution in [2.75, 3.05) is 18.4 Å². The minimum absolute atomic E-state index is 0.00142. The van der Waals surface area contributed by atoms with E-state index in [0.29, 0.717) is 34.4 Å². The molecule has 1 atom stereocenters. The number of H-pyrrole nitrogens is 1. The lowest BCUT2D eigenvalue weighted by Gasteiger charge is -2.21. The number of anilines is 1. The molecule has 0 aliphatic carbocycles. The van der Waals surface area contributed by atoms with Gasteiger partial charge in [-0.25, -0.2) is 0 Å². The van der Waals surface area contributed by atoms with Crippen molar-refractivity contribution in [1.29, 1.82) is 0 Å². The smallest absolute Gasteiger partial charge is 0.316 e. The lowest BCUT2D eigenvalue weighted by Crippen LogP contribution is -2.37. The van der Waals surface area contributed by atoms with E-state index in [4.69, 9.17) is 11.6 Å². The third-order valence-electron chi connectivity index (χ3n) is 5.08. The normalized spacial score (nSPS) is 17.4. The summed E-state index contributed by atoms with van der Waals surface area (Å²) < 4.78 is 38.6. The zero-order valence-electron chi connectivity index (χ0n) is 15.2. The second-order valence-electron chi connectivity index (χ2n) is 7.06. The van der Waals surface area contributed by atoms with Gasteiger partial charge in [-0.1, -0.05) is 23.7 Å². The number of piperidine rings is 1. The van der Waals surface area contributed by atoms with Gasteiger partial charge in [-0.05, 0) is 49.2 Å². The average Bonchev–Trinajstić information content (AvgIpc) is 3.10. The molecule has 152 valence electrons. The molecule has 5 nitrogen and oxygen atoms in total. The molecule has 2 aromatic carbocycles. The number of carbonyl (C=O) groups is 1. The van der Waals surface area contributed by atoms with Crippen molar-refractivity contribution in [3.63, 3.8) is 0 Å². The van der Waals surface area contributed by atoms with Gasteiger partial charge in [0, 0.05) is 22.5 Å². The van der Waals surface area contributed by atoms with Crippen LogP contribution in [-0.2, 0) is 11.0 Å². The van der Waals surface area contributed by atoms with Gasteiger partial charge in [0.2, 0.25) is 5.91 Å². The number of amides is 1. The summed E-state index contributed by atoms with van der Waals surface area (Å²) >= 11 is 6.12. The summed E-state index contributed by atoms with van der Waals surface area (Å²) in [6, 6.07) is 8.50. The third-order valence-corrected chi connectivity index (χ3v) is 5.39. The predicted molar refractivity (Wildman–Crippen MR) is 106 cm³/mol. The Morgan fingerprint density at radius 3 is 2.72 bits per heavy atom. The highest BCUT2D eigenvalue weighted by molar-refractivity contribution is 6.33. The summed E-state index contributed by atoms with van der Waals surface area (Å²) in [6.07, 6.45) is -2.70. The van der Waals surface area contributed by atoms with E-state index in [0.717, 1.165) is 31.5 Å². The molecule has 0 radical (unpaired) electrons. The number of nitrogens with one attached hydrogen (secondary N) is 3. The van der Waals surface area contributed by atoms with Crippen LogP contribution < -0.4 is 10.6 Å². The first kappa shape index (κ1) is 19.7. The fourth-order valence-corrected chi connectivity index (χ4v) is 3.79. The van der Waals surface area contributed by atoms with Crippen LogP contribution in [0.25, 0.3) is 22.0 Å². The Hall–Kier alpha value is -2.58. The number of halogens is 4. The quantitative estimate of drug-likeness (QED) is 0.565. The number of hydrogen-bond donors (Lipinski definition) is 3. The summed E-state index contributed by atoms with van der Waals surface area (Å²) in [6.45, 7) is 1.53. The number of nitrogens with zero attached hydrogens (tertiary/aromatic N) is 1. The minimum Gasteiger partial charge on any atom is -0.316 e. The number of hydrogen-bond acceptors (Lipinski definition) is 3. The van der Waals surface area contributed by atoms with Gasteiger partial charge in [0.1, 0.15) is 0 Å². The molecule has 0 spiro atoms. The SMILES string of the molecule is O=C(Nc1n[nH]c2ccc(-c3ccc(C(F)(F)F)cc3Cl)cc12)[C@@H]1CCCNC1. The number of fused-ring (bicyclic) bond motifs is 1. The van der Waals surface area contributed by atoms with Gasteiger partial charge in [0.05, 0.1) is 17.0 Å². The molecule has 0 saturated carbocycles. The molecule has 1 amide bonds. The van der Waals surface area contributed by atoms with Gasteiger partial charge in [0.25, 0.3) is 0 Å². The van der Waals surface area contributed by atoms with E-state index in [1.165, 1.54) is 6.07 Å². The molecule has 1 aliphatic rings. The number of benzene rings is 2. The van der Waals surface area contributed by atoms with Crippen LogP contribution in [0.1, 0.15) is 18.4 Å². The maximum Gasteiger partial charge on any atom is 0.416 e. The molecule has 3 N–H and O–H groups in total. The predicted octanol–water partition coefficient (Wildman–Crippen LogP) is 4.84. The molecular formula is C20H18ClF3N4O. The van der Waals surface area contributed by atoms with Crippen molar-refractivity contribution in [3.8, 4) is 11.1 Å². The molecule has 29 heavy (non-hydrogen) atoms. The van der Waals surface area contributed by atoms with Gasteiger partial charge < -0.3 is 10.6 Å². The van der Waals surface area contributed by atoms with Crippen LogP contribution in [0.2, 0.25) is 5.02 Å². The number of aromatic nitrogens is 2. The molecule has 9 heteroatoms. The summed E-state index contributed by atoms with van der Waals surface area (Å²) in [4.78, 5) is 12.5. The van der Waals surface area contributed by atoms with Gasteiger partial charge in [-0.2, -0.15) is 18.3 Å². The van der Waals surface area contributed by atoms with Gasteiger partial charge in [-0.3, -0.25) is 9.89 Å². The van der Waals surface area contributed by atoms with E-state index in [1.807, 2.05) is 0 Å². The number of carbonyl (C=O) groups excluding carboxylic acids is 1. The van der Waals surface area contributed by atoms with E-state index < -0.39 is 11.7 Å². The Kier molecular flexibility index (Phi) is 5.23. The second-order valence-corrected chi connectivity index (χ2v) is 7.46. The van der Waals surface area contributed by atoms with Crippen molar-refractivity contribution in [2.45, 2.75) is 19.0 Å². The highest BCUT2D eigenvalue weighted by Gasteiger charge is 2.31. The van der Waals surface area contributed by atoms with Gasteiger partial charge in [0.15, 0.2) is 5.82 Å². The van der Waals surface area contributed by atoms with Gasteiger partial charge in [-0.15, -0.1) is 0 Å². The maximum atomic E-state index is 12.9. The zero-order chi connectivity index (χ0) is 20.6. The van der Waals surface area contributed by atoms with E-state index in [1.54, 1.807) is 18.2 Å². The first-order chi connectivity index (χ1) is 13.8. The van der Waals surface area contributed by atoms with Crippen molar-refractivity contribution < 1.29 is 18.0 Å². The van der Waals surface area contributed by atoms with Crippen LogP contribution in [0.3, 0.4) is 0 Å². The molecular weight excluding hydrogens is 405 g/mol. The van der Waals surface area contributed by atoms with Crippen molar-refractivity contribution >= 4 is 34.2 Å². The van der Waals surface area contributed by atoms with E-state index >= 15 is 0 Å². The third kappa shape index (κ3) is 4.09. The molecule has 1 aliphatic heterocycles. The van der Waals surface area contributed by atoms with Crippen molar-refractivity contribution in [1.82, 2.24) is 15.5 Å². The molecule has 0 bridgehead atoms. The van der Waals surface area contributed by atoms with Crippen LogP contribution in [0.5, 0.6) is 0 Å². The molecule has 1 aromatic heterocycles. The molecule has 3 aromatic rings. The maximum absolute atomic E-state index is 12.9. The summed E-state index contributed by atoms with van der Waals surface area (Å²) in [5.74, 6) is 0.159. The topological polar surface area (TPSA) is 69.8 Å². The lowest BCUT2D eigenvalue weighted by molar-refractivity contribution is -0.137. The Bertz CT molecular complexity index is 1060. The van der Waals surface area contributed by atoms with Crippen molar-refractivity contribution in [2.24, 2.45) is 5.92 Å². The molecule has 0 unspecified atom stereocenters. The van der Waals surface area contributed by atoms with E-state index in [9.17, 15) is 18.0 Å². The summed E-state index contributed by atoms with van der Waals surface area (Å²) in [5.41, 5.74) is 1.00. The summed E-state index contributed by atoms with van der Waals surface area (Å²) in [5, 5.41) is 13.7. The number of alkyl halides is 3. The van der Waals surface area contributed by atoms with Crippen LogP contribution in [0.15, 0.2) is 36.4 Å². The van der Waals surface area contributed by atoms with Crippen LogP contribution in [0, 0.1) is 5.92 Å². The van der Waals surface area contributed by atoms with Crippen LogP contribution in [0.4, 0.5) is 19.0 Å². The van der Waals surface area contributed by atoms with E-state index in [-0.39, 0.29) is 16.8 Å². The first-order valence-electron chi connectivity index (χ1n) is 9.20. The first-order valence-corrected chi connectivity index (χ1v) is 9.57. The Labute approximate surface area is 169 Å². The van der Waals surface area contributed by atoms with Crippen LogP contribution >= 0.6 is 11.6 Å². The lowest BCUT2D eigenvalue weighted by atomic mass is 9.98. The van der Waals surface area contributed by atoms with Crippen LogP contribution in [-0.4, -0.2) is 29.2 Å². The molecule has 2 heterocycles. The van der Waals surface area contributed by atoms with Crippen molar-refractivity contribution in [3.05, 3.63) is 47.0 Å². The monoisotopic (exact) mass is 422 g/mol. The largest absolute Gasteiger partial charge is 0.416 e. The fourth-order valence-electron chi connectivity index (χ4n) is 3.50. The highest BCUT2D eigenvalue weighted by atomic mass is 35.5. The molecule has 1 saturated heterocycles. The number of rotatable bonds is 3. The Morgan fingerprint density at radius 1 is 1.21 bits per heavy atom. The molecule has 4 rings (SSSR count). The molecule has 1 fully saturated rings. The fraction of sp³-hybridized carbons (Fsp3) is 0.300. The minimum atomic E-state index is -4.46. The average molecular weight is 423 g/mol. The standard InChI is InChI=1S/C20H18ClF3N4O/c21-16-9-13(20(22,23)24)4-5-14(16)11-3-6-17-15(8-11)18(28-27-17)26-19(29)12-2-1-7-25-10-12/h3-6,8-9,12,25H,1-2,7,10H2,(H2,26,27,28,29)/t12-/m1/s1. The van der Waals surface area contributed by atoms with Gasteiger partial charge >= 0.3 is 6.18 Å². The second kappa shape index (κ2) is 7.68.